The monoisotopic (exact) mass is 753 g/mol. The molecule has 0 bridgehead atoms. The van der Waals surface area contributed by atoms with E-state index in [1.54, 1.807) is 0 Å². The predicted octanol–water partition coefficient (Wildman–Crippen LogP) is 13.5. The Morgan fingerprint density at radius 2 is 0.915 bits per heavy atom. The lowest BCUT2D eigenvalue weighted by Crippen LogP contribution is -1.97. The molecule has 59 heavy (non-hydrogen) atoms. The fraction of sp³-hybridized carbons (Fsp3) is 0. The number of aromatic nitrogens is 5. The zero-order chi connectivity index (χ0) is 39.1. The van der Waals surface area contributed by atoms with Crippen LogP contribution < -0.4 is 0 Å². The molecule has 0 spiro atoms. The lowest BCUT2D eigenvalue weighted by molar-refractivity contribution is 1.10. The van der Waals surface area contributed by atoms with Crippen LogP contribution >= 0.6 is 0 Å². The Morgan fingerprint density at radius 3 is 1.64 bits per heavy atom. The minimum Gasteiger partial charge on any atom is -0.292 e. The van der Waals surface area contributed by atoms with Crippen molar-refractivity contribution in [1.82, 2.24) is 24.5 Å². The minimum atomic E-state index is 0.658. The van der Waals surface area contributed by atoms with E-state index >= 15 is 0 Å². The van der Waals surface area contributed by atoms with Crippen molar-refractivity contribution in [2.75, 3.05) is 0 Å². The first-order valence-electron chi connectivity index (χ1n) is 19.8. The van der Waals surface area contributed by atoms with Crippen LogP contribution in [-0.4, -0.2) is 24.5 Å². The van der Waals surface area contributed by atoms with Gasteiger partial charge in [0.1, 0.15) is 5.82 Å². The number of para-hydroxylation sites is 2. The summed E-state index contributed by atoms with van der Waals surface area (Å²) in [7, 11) is 0. The molecule has 8 aromatic carbocycles. The third-order valence-electron chi connectivity index (χ3n) is 11.0. The van der Waals surface area contributed by atoms with Crippen molar-refractivity contribution in [1.29, 1.82) is 0 Å². The Bertz CT molecular complexity index is 3290. The Morgan fingerprint density at radius 1 is 0.339 bits per heavy atom. The third kappa shape index (κ3) is 6.22. The van der Waals surface area contributed by atoms with Gasteiger partial charge in [0.05, 0.1) is 33.6 Å². The molecule has 0 aliphatic rings. The molecular weight excluding hydrogens is 719 g/mol. The van der Waals surface area contributed by atoms with Gasteiger partial charge in [0.25, 0.3) is 0 Å². The third-order valence-corrected chi connectivity index (χ3v) is 11.0. The Labute approximate surface area is 341 Å². The van der Waals surface area contributed by atoms with Crippen LogP contribution in [0.2, 0.25) is 0 Å². The molecule has 276 valence electrons. The Kier molecular flexibility index (Phi) is 8.41. The molecule has 11 aromatic rings. The molecule has 0 amide bonds. The second-order valence-corrected chi connectivity index (χ2v) is 14.7. The van der Waals surface area contributed by atoms with Crippen LogP contribution in [0, 0.1) is 0 Å². The van der Waals surface area contributed by atoms with E-state index in [1.807, 2.05) is 36.4 Å². The van der Waals surface area contributed by atoms with Gasteiger partial charge < -0.3 is 0 Å². The summed E-state index contributed by atoms with van der Waals surface area (Å²) in [5.74, 6) is 1.54. The highest BCUT2D eigenvalue weighted by Crippen LogP contribution is 2.40. The molecule has 0 radical (unpaired) electrons. The van der Waals surface area contributed by atoms with Crippen molar-refractivity contribution in [3.8, 4) is 73.4 Å². The van der Waals surface area contributed by atoms with Crippen molar-refractivity contribution < 1.29 is 0 Å². The SMILES string of the molecule is c1ccc(-c2cccc(-c3cc(-c4ccccc4)nc(-c4ccc(-c5nc6ccccc6c6ccc7c(nc(-c8ccccc8)n7-c7ccccc7)c56)cc4)n3)c2)cc1. The standard InChI is InChI=1S/C54H35N5/c1-5-16-36(17-6-1)41-22-15-23-42(34-41)48-35-47(37-18-7-2-8-19-37)56-53(57-48)39-30-28-38(29-31-39)51-50-45(44-26-13-14-27-46(44)55-51)32-33-49-52(50)58-54(40-20-9-3-10-21-40)59(49)43-24-11-4-12-25-43/h1-35H. The molecule has 0 aliphatic heterocycles. The van der Waals surface area contributed by atoms with Crippen LogP contribution in [0.15, 0.2) is 212 Å². The first kappa shape index (κ1) is 34.2. The highest BCUT2D eigenvalue weighted by Gasteiger charge is 2.21. The molecule has 5 nitrogen and oxygen atoms in total. The Balaban J connectivity index is 1.09. The van der Waals surface area contributed by atoms with E-state index in [-0.39, 0.29) is 0 Å². The number of fused-ring (bicyclic) bond motifs is 5. The molecule has 0 unspecified atom stereocenters. The second kappa shape index (κ2) is 14.5. The average molecular weight is 754 g/mol. The predicted molar refractivity (Wildman–Crippen MR) is 242 cm³/mol. The summed E-state index contributed by atoms with van der Waals surface area (Å²) in [6.45, 7) is 0. The largest absolute Gasteiger partial charge is 0.292 e. The van der Waals surface area contributed by atoms with Gasteiger partial charge in [-0.3, -0.25) is 4.57 Å². The van der Waals surface area contributed by atoms with Crippen molar-refractivity contribution in [3.05, 3.63) is 212 Å². The average Bonchev–Trinajstić information content (AvgIpc) is 3.72. The quantitative estimate of drug-likeness (QED) is 0.152. The van der Waals surface area contributed by atoms with Crippen molar-refractivity contribution in [3.63, 3.8) is 0 Å². The van der Waals surface area contributed by atoms with E-state index in [0.29, 0.717) is 5.82 Å². The normalized spacial score (nSPS) is 11.4. The summed E-state index contributed by atoms with van der Waals surface area (Å²) in [6, 6.07) is 73.6. The summed E-state index contributed by atoms with van der Waals surface area (Å²) in [5.41, 5.74) is 13.9. The van der Waals surface area contributed by atoms with Crippen molar-refractivity contribution in [2.24, 2.45) is 0 Å². The molecule has 0 saturated heterocycles. The van der Waals surface area contributed by atoms with Crippen LogP contribution in [0.5, 0.6) is 0 Å². The minimum absolute atomic E-state index is 0.658. The number of imidazole rings is 1. The smallest absolute Gasteiger partial charge is 0.160 e. The van der Waals surface area contributed by atoms with Gasteiger partial charge in [0, 0.05) is 44.3 Å². The molecule has 3 aromatic heterocycles. The zero-order valence-electron chi connectivity index (χ0n) is 31.9. The summed E-state index contributed by atoms with van der Waals surface area (Å²) in [5, 5.41) is 3.22. The lowest BCUT2D eigenvalue weighted by Gasteiger charge is -2.13. The molecular formula is C54H35N5. The first-order chi connectivity index (χ1) is 29.2. The molecule has 0 fully saturated rings. The molecule has 0 N–H and O–H groups in total. The maximum atomic E-state index is 5.45. The number of pyridine rings is 1. The van der Waals surface area contributed by atoms with Crippen molar-refractivity contribution >= 4 is 32.7 Å². The number of rotatable bonds is 7. The molecule has 11 rings (SSSR count). The van der Waals surface area contributed by atoms with Gasteiger partial charge in [-0.05, 0) is 52.9 Å². The Hall–Kier alpha value is -8.02. The van der Waals surface area contributed by atoms with Gasteiger partial charge in [-0.15, -0.1) is 0 Å². The van der Waals surface area contributed by atoms with Crippen LogP contribution in [0.1, 0.15) is 0 Å². The van der Waals surface area contributed by atoms with Crippen LogP contribution in [0.25, 0.3) is 106 Å². The van der Waals surface area contributed by atoms with E-state index in [9.17, 15) is 0 Å². The van der Waals surface area contributed by atoms with Gasteiger partial charge in [0.15, 0.2) is 5.82 Å². The number of nitrogens with zero attached hydrogens (tertiary/aromatic N) is 5. The van der Waals surface area contributed by atoms with E-state index in [2.05, 4.69) is 180 Å². The summed E-state index contributed by atoms with van der Waals surface area (Å²) < 4.78 is 2.26. The second-order valence-electron chi connectivity index (χ2n) is 14.7. The van der Waals surface area contributed by atoms with Gasteiger partial charge >= 0.3 is 0 Å². The van der Waals surface area contributed by atoms with Gasteiger partial charge in [-0.2, -0.15) is 0 Å². The van der Waals surface area contributed by atoms with Gasteiger partial charge in [-0.1, -0.05) is 176 Å². The summed E-state index contributed by atoms with van der Waals surface area (Å²) in [4.78, 5) is 21.2. The van der Waals surface area contributed by atoms with Gasteiger partial charge in [0.2, 0.25) is 0 Å². The summed E-state index contributed by atoms with van der Waals surface area (Å²) in [6.07, 6.45) is 0. The molecule has 0 saturated carbocycles. The first-order valence-corrected chi connectivity index (χ1v) is 19.8. The maximum absolute atomic E-state index is 5.45. The van der Waals surface area contributed by atoms with Crippen molar-refractivity contribution in [2.45, 2.75) is 0 Å². The highest BCUT2D eigenvalue weighted by atomic mass is 15.1. The topological polar surface area (TPSA) is 56.5 Å². The lowest BCUT2D eigenvalue weighted by atomic mass is 9.98. The molecule has 0 aliphatic carbocycles. The number of benzene rings is 8. The number of hydrogen-bond acceptors (Lipinski definition) is 4. The van der Waals surface area contributed by atoms with E-state index in [4.69, 9.17) is 19.9 Å². The van der Waals surface area contributed by atoms with E-state index in [1.165, 1.54) is 0 Å². The van der Waals surface area contributed by atoms with E-state index < -0.39 is 0 Å². The molecule has 3 heterocycles. The maximum Gasteiger partial charge on any atom is 0.160 e. The van der Waals surface area contributed by atoms with Gasteiger partial charge in [-0.25, -0.2) is 19.9 Å². The van der Waals surface area contributed by atoms with E-state index in [0.717, 1.165) is 100 Å². The fourth-order valence-corrected chi connectivity index (χ4v) is 8.16. The zero-order valence-corrected chi connectivity index (χ0v) is 31.9. The van der Waals surface area contributed by atoms with Crippen LogP contribution in [0.3, 0.4) is 0 Å². The number of hydrogen-bond donors (Lipinski definition) is 0. The van der Waals surface area contributed by atoms with Crippen LogP contribution in [-0.2, 0) is 0 Å². The summed E-state index contributed by atoms with van der Waals surface area (Å²) >= 11 is 0. The molecule has 5 heteroatoms. The molecule has 0 atom stereocenters. The van der Waals surface area contributed by atoms with Crippen LogP contribution in [0.4, 0.5) is 0 Å². The fourth-order valence-electron chi connectivity index (χ4n) is 8.16. The highest BCUT2D eigenvalue weighted by molar-refractivity contribution is 6.20.